The lowest BCUT2D eigenvalue weighted by molar-refractivity contribution is 0.267. The number of nitrogens with one attached hydrogen (secondary N) is 1. The molecule has 1 aromatic rings. The van der Waals surface area contributed by atoms with Crippen molar-refractivity contribution in [3.8, 4) is 5.88 Å². The van der Waals surface area contributed by atoms with Gasteiger partial charge in [0.25, 0.3) is 0 Å². The van der Waals surface area contributed by atoms with Crippen molar-refractivity contribution in [1.29, 1.82) is 0 Å². The van der Waals surface area contributed by atoms with E-state index >= 15 is 0 Å². The van der Waals surface area contributed by atoms with Gasteiger partial charge in [-0.25, -0.2) is 4.98 Å². The molecule has 3 heteroatoms. The molecule has 14 heavy (non-hydrogen) atoms. The molecule has 1 fully saturated rings. The average molecular weight is 192 g/mol. The smallest absolute Gasteiger partial charge is 0.213 e. The minimum Gasteiger partial charge on any atom is -0.476 e. The van der Waals surface area contributed by atoms with Gasteiger partial charge in [0.15, 0.2) is 0 Å². The van der Waals surface area contributed by atoms with Gasteiger partial charge >= 0.3 is 0 Å². The molecule has 1 aliphatic heterocycles. The van der Waals surface area contributed by atoms with Crippen LogP contribution in [-0.2, 0) is 0 Å². The van der Waals surface area contributed by atoms with Gasteiger partial charge < -0.3 is 10.1 Å². The average Bonchev–Trinajstić information content (AvgIpc) is 2.70. The van der Waals surface area contributed by atoms with Gasteiger partial charge in [-0.2, -0.15) is 0 Å². The molecule has 1 N–H and O–H groups in total. The summed E-state index contributed by atoms with van der Waals surface area (Å²) in [5.41, 5.74) is 1.16. The summed E-state index contributed by atoms with van der Waals surface area (Å²) in [6.45, 7) is 3.88. The second-order valence-corrected chi connectivity index (χ2v) is 3.78. The van der Waals surface area contributed by atoms with Crippen LogP contribution in [0.1, 0.15) is 18.4 Å². The molecule has 0 aliphatic carbocycles. The first-order valence-electron chi connectivity index (χ1n) is 5.13. The van der Waals surface area contributed by atoms with Gasteiger partial charge in [0.05, 0.1) is 0 Å². The molecule has 1 saturated heterocycles. The number of aryl methyl sites for hydroxylation is 1. The molecule has 3 nitrogen and oxygen atoms in total. The second kappa shape index (κ2) is 4.42. The number of aromatic nitrogens is 1. The number of rotatable bonds is 3. The summed E-state index contributed by atoms with van der Waals surface area (Å²) >= 11 is 0. The third-order valence-corrected chi connectivity index (χ3v) is 2.48. The summed E-state index contributed by atoms with van der Waals surface area (Å²) in [5, 5.41) is 3.39. The van der Waals surface area contributed by atoms with Crippen LogP contribution in [0.3, 0.4) is 0 Å². The van der Waals surface area contributed by atoms with E-state index in [0.29, 0.717) is 6.04 Å². The maximum Gasteiger partial charge on any atom is 0.213 e. The van der Waals surface area contributed by atoms with Crippen molar-refractivity contribution < 1.29 is 4.74 Å². The van der Waals surface area contributed by atoms with E-state index in [1.807, 2.05) is 25.3 Å². The van der Waals surface area contributed by atoms with Crippen LogP contribution in [0.15, 0.2) is 18.3 Å². The number of hydrogen-bond acceptors (Lipinski definition) is 3. The third kappa shape index (κ3) is 2.45. The second-order valence-electron chi connectivity index (χ2n) is 3.78. The maximum atomic E-state index is 5.57. The number of pyridine rings is 1. The van der Waals surface area contributed by atoms with Crippen LogP contribution in [-0.4, -0.2) is 24.2 Å². The van der Waals surface area contributed by atoms with Gasteiger partial charge in [-0.3, -0.25) is 0 Å². The molecule has 1 aromatic heterocycles. The summed E-state index contributed by atoms with van der Waals surface area (Å²) in [4.78, 5) is 4.19. The SMILES string of the molecule is Cc1ccc(OC[C@@H]2CCCN2)nc1. The highest BCUT2D eigenvalue weighted by Crippen LogP contribution is 2.10. The largest absolute Gasteiger partial charge is 0.476 e. The molecule has 0 amide bonds. The van der Waals surface area contributed by atoms with E-state index in [1.54, 1.807) is 0 Å². The molecule has 2 heterocycles. The first-order valence-corrected chi connectivity index (χ1v) is 5.13. The molecule has 0 radical (unpaired) electrons. The quantitative estimate of drug-likeness (QED) is 0.788. The van der Waals surface area contributed by atoms with Crippen molar-refractivity contribution in [3.63, 3.8) is 0 Å². The maximum absolute atomic E-state index is 5.57. The zero-order chi connectivity index (χ0) is 9.80. The predicted octanol–water partition coefficient (Wildman–Crippen LogP) is 1.52. The number of nitrogens with zero attached hydrogens (tertiary/aromatic N) is 1. The summed E-state index contributed by atoms with van der Waals surface area (Å²) in [6.07, 6.45) is 4.30. The Morgan fingerprint density at radius 1 is 1.57 bits per heavy atom. The Balaban J connectivity index is 1.82. The molecule has 76 valence electrons. The van der Waals surface area contributed by atoms with Gasteiger partial charge in [0.2, 0.25) is 5.88 Å². The molecular formula is C11H16N2O. The van der Waals surface area contributed by atoms with Crippen molar-refractivity contribution in [1.82, 2.24) is 10.3 Å². The van der Waals surface area contributed by atoms with Crippen LogP contribution >= 0.6 is 0 Å². The lowest BCUT2D eigenvalue weighted by Gasteiger charge is -2.10. The fourth-order valence-corrected chi connectivity index (χ4v) is 1.62. The molecule has 0 unspecified atom stereocenters. The topological polar surface area (TPSA) is 34.1 Å². The Kier molecular flexibility index (Phi) is 2.99. The molecule has 0 aromatic carbocycles. The summed E-state index contributed by atoms with van der Waals surface area (Å²) in [6, 6.07) is 4.45. The Hall–Kier alpha value is -1.09. The standard InChI is InChI=1S/C11H16N2O/c1-9-4-5-11(13-7-9)14-8-10-3-2-6-12-10/h4-5,7,10,12H,2-3,6,8H2,1H3/t10-/m0/s1. The van der Waals surface area contributed by atoms with E-state index in [4.69, 9.17) is 4.74 Å². The summed E-state index contributed by atoms with van der Waals surface area (Å²) in [7, 11) is 0. The van der Waals surface area contributed by atoms with E-state index in [2.05, 4.69) is 10.3 Å². The third-order valence-electron chi connectivity index (χ3n) is 2.48. The van der Waals surface area contributed by atoms with E-state index in [1.165, 1.54) is 12.8 Å². The van der Waals surface area contributed by atoms with Crippen molar-refractivity contribution in [3.05, 3.63) is 23.9 Å². The fourth-order valence-electron chi connectivity index (χ4n) is 1.62. The Morgan fingerprint density at radius 3 is 3.14 bits per heavy atom. The lowest BCUT2D eigenvalue weighted by Crippen LogP contribution is -2.28. The molecule has 0 spiro atoms. The van der Waals surface area contributed by atoms with Crippen LogP contribution in [0.4, 0.5) is 0 Å². The number of ether oxygens (including phenoxy) is 1. The minimum atomic E-state index is 0.512. The van der Waals surface area contributed by atoms with Gasteiger partial charge in [-0.1, -0.05) is 6.07 Å². The van der Waals surface area contributed by atoms with Gasteiger partial charge in [0, 0.05) is 18.3 Å². The number of hydrogen-bond donors (Lipinski definition) is 1. The van der Waals surface area contributed by atoms with Crippen molar-refractivity contribution in [2.45, 2.75) is 25.8 Å². The Labute approximate surface area is 84.5 Å². The highest BCUT2D eigenvalue weighted by atomic mass is 16.5. The zero-order valence-electron chi connectivity index (χ0n) is 8.49. The Morgan fingerprint density at radius 2 is 2.50 bits per heavy atom. The highest BCUT2D eigenvalue weighted by Gasteiger charge is 2.14. The predicted molar refractivity (Wildman–Crippen MR) is 55.5 cm³/mol. The molecule has 1 aliphatic rings. The minimum absolute atomic E-state index is 0.512. The fraction of sp³-hybridized carbons (Fsp3) is 0.545. The van der Waals surface area contributed by atoms with E-state index in [-0.39, 0.29) is 0 Å². The Bertz CT molecular complexity index is 278. The molecule has 0 saturated carbocycles. The van der Waals surface area contributed by atoms with Gasteiger partial charge in [-0.05, 0) is 31.9 Å². The first kappa shape index (κ1) is 9.46. The van der Waals surface area contributed by atoms with Crippen molar-refractivity contribution in [2.75, 3.05) is 13.2 Å². The molecule has 1 atom stereocenters. The van der Waals surface area contributed by atoms with Crippen LogP contribution in [0.5, 0.6) is 5.88 Å². The van der Waals surface area contributed by atoms with E-state index < -0.39 is 0 Å². The highest BCUT2D eigenvalue weighted by molar-refractivity contribution is 5.16. The monoisotopic (exact) mass is 192 g/mol. The van der Waals surface area contributed by atoms with Crippen molar-refractivity contribution >= 4 is 0 Å². The van der Waals surface area contributed by atoms with Crippen LogP contribution in [0.25, 0.3) is 0 Å². The first-order chi connectivity index (χ1) is 6.84. The summed E-state index contributed by atoms with van der Waals surface area (Å²) in [5.74, 6) is 0.726. The van der Waals surface area contributed by atoms with E-state index in [0.717, 1.165) is 24.6 Å². The van der Waals surface area contributed by atoms with E-state index in [9.17, 15) is 0 Å². The van der Waals surface area contributed by atoms with Crippen LogP contribution < -0.4 is 10.1 Å². The van der Waals surface area contributed by atoms with Crippen LogP contribution in [0, 0.1) is 6.92 Å². The van der Waals surface area contributed by atoms with Gasteiger partial charge in [-0.15, -0.1) is 0 Å². The van der Waals surface area contributed by atoms with Gasteiger partial charge in [0.1, 0.15) is 6.61 Å². The zero-order valence-corrected chi connectivity index (χ0v) is 8.49. The lowest BCUT2D eigenvalue weighted by atomic mass is 10.2. The molecular weight excluding hydrogens is 176 g/mol. The molecule has 2 rings (SSSR count). The molecule has 0 bridgehead atoms. The summed E-state index contributed by atoms with van der Waals surface area (Å²) < 4.78 is 5.57. The van der Waals surface area contributed by atoms with Crippen molar-refractivity contribution in [2.24, 2.45) is 0 Å². The normalized spacial score (nSPS) is 21.1. The van der Waals surface area contributed by atoms with Crippen LogP contribution in [0.2, 0.25) is 0 Å².